The fourth-order valence-electron chi connectivity index (χ4n) is 2.15. The van der Waals surface area contributed by atoms with Crippen LogP contribution in [0, 0.1) is 0 Å². The number of hydrogen-bond donors (Lipinski definition) is 0. The number of benzene rings is 1. The topological polar surface area (TPSA) is 23.6 Å². The van der Waals surface area contributed by atoms with Crippen LogP contribution < -0.4 is 4.90 Å². The maximum Gasteiger partial charge on any atom is 0.329 e. The first kappa shape index (κ1) is 13.0. The number of halogens is 1. The Kier molecular flexibility index (Phi) is 3.11. The molecule has 2 rings (SSSR count). The molecule has 0 saturated carbocycles. The molecule has 0 bridgehead atoms. The first-order chi connectivity index (χ1) is 8.33. The molecule has 1 aliphatic heterocycles. The number of nitrogens with zero attached hydrogens (tertiary/aromatic N) is 2. The monoisotopic (exact) mass is 264 g/mol. The fourth-order valence-corrected chi connectivity index (χ4v) is 2.33. The van der Waals surface area contributed by atoms with Gasteiger partial charge in [0.1, 0.15) is 0 Å². The van der Waals surface area contributed by atoms with Crippen molar-refractivity contribution in [2.24, 2.45) is 0 Å². The first-order valence-electron chi connectivity index (χ1n) is 5.86. The molecule has 0 atom stereocenters. The van der Waals surface area contributed by atoms with E-state index < -0.39 is 0 Å². The molecule has 4 heteroatoms. The molecule has 96 valence electrons. The maximum atomic E-state index is 12.4. The molecule has 0 spiro atoms. The van der Waals surface area contributed by atoms with Gasteiger partial charge in [0, 0.05) is 17.8 Å². The molecule has 0 saturated heterocycles. The van der Waals surface area contributed by atoms with Crippen LogP contribution in [0.2, 0.25) is 5.02 Å². The van der Waals surface area contributed by atoms with Crippen LogP contribution in [-0.2, 0) is 0 Å². The predicted octanol–water partition coefficient (Wildman–Crippen LogP) is 3.89. The molecule has 0 unspecified atom stereocenters. The summed E-state index contributed by atoms with van der Waals surface area (Å²) in [5.41, 5.74) is 1.45. The summed E-state index contributed by atoms with van der Waals surface area (Å²) in [4.78, 5) is 15.8. The minimum absolute atomic E-state index is 0.0396. The molecule has 1 aromatic carbocycles. The van der Waals surface area contributed by atoms with Gasteiger partial charge in [-0.1, -0.05) is 17.7 Å². The van der Waals surface area contributed by atoms with Gasteiger partial charge in [-0.2, -0.15) is 0 Å². The predicted molar refractivity (Wildman–Crippen MR) is 74.9 cm³/mol. The zero-order chi connectivity index (χ0) is 13.5. The number of rotatable bonds is 1. The van der Waals surface area contributed by atoms with Gasteiger partial charge in [0.15, 0.2) is 0 Å². The van der Waals surface area contributed by atoms with E-state index in [1.54, 1.807) is 21.9 Å². The highest BCUT2D eigenvalue weighted by atomic mass is 35.5. The normalized spacial score (nSPS) is 18.9. The third-order valence-corrected chi connectivity index (χ3v) is 3.56. The van der Waals surface area contributed by atoms with Gasteiger partial charge in [-0.15, -0.1) is 0 Å². The molecular formula is C14H17ClN2O. The maximum absolute atomic E-state index is 12.4. The average molecular weight is 265 g/mol. The summed E-state index contributed by atoms with van der Waals surface area (Å²) >= 11 is 5.98. The highest BCUT2D eigenvalue weighted by Gasteiger charge is 2.35. The van der Waals surface area contributed by atoms with Gasteiger partial charge in [0.05, 0.1) is 11.2 Å². The summed E-state index contributed by atoms with van der Waals surface area (Å²) in [6, 6.07) is 7.28. The summed E-state index contributed by atoms with van der Waals surface area (Å²) in [7, 11) is 1.81. The number of hydrogen-bond acceptors (Lipinski definition) is 1. The Bertz CT molecular complexity index is 522. The number of amides is 2. The number of carbonyl (C=O) groups excluding carboxylic acids is 1. The van der Waals surface area contributed by atoms with Crippen molar-refractivity contribution in [1.29, 1.82) is 0 Å². The Balaban J connectivity index is 2.49. The molecule has 0 fully saturated rings. The Morgan fingerprint density at radius 3 is 2.56 bits per heavy atom. The average Bonchev–Trinajstić information content (AvgIpc) is 2.26. The van der Waals surface area contributed by atoms with Crippen LogP contribution in [0.3, 0.4) is 0 Å². The Labute approximate surface area is 113 Å². The highest BCUT2D eigenvalue weighted by molar-refractivity contribution is 6.31. The van der Waals surface area contributed by atoms with Crippen LogP contribution in [0.4, 0.5) is 10.5 Å². The van der Waals surface area contributed by atoms with Gasteiger partial charge >= 0.3 is 6.03 Å². The van der Waals surface area contributed by atoms with Crippen LogP contribution in [0.5, 0.6) is 0 Å². The standard InChI is InChI=1S/C14H17ClN2O/c1-10-9-14(2,3)16(4)13(18)17(10)12-7-5-6-11(15)8-12/h5-9H,1-4H3. The minimum Gasteiger partial charge on any atom is -0.318 e. The lowest BCUT2D eigenvalue weighted by Gasteiger charge is -2.42. The van der Waals surface area contributed by atoms with E-state index in [1.165, 1.54) is 0 Å². The molecule has 0 aliphatic carbocycles. The van der Waals surface area contributed by atoms with Crippen LogP contribution in [0.25, 0.3) is 0 Å². The van der Waals surface area contributed by atoms with Gasteiger partial charge < -0.3 is 4.90 Å². The van der Waals surface area contributed by atoms with E-state index in [0.29, 0.717) is 5.02 Å². The molecule has 2 amide bonds. The second-order valence-corrected chi connectivity index (χ2v) is 5.53. The number of anilines is 1. The van der Waals surface area contributed by atoms with Crippen molar-refractivity contribution in [3.8, 4) is 0 Å². The van der Waals surface area contributed by atoms with Crippen molar-refractivity contribution < 1.29 is 4.79 Å². The lowest BCUT2D eigenvalue weighted by atomic mass is 9.99. The summed E-state index contributed by atoms with van der Waals surface area (Å²) in [6.45, 7) is 5.97. The van der Waals surface area contributed by atoms with Crippen molar-refractivity contribution in [3.63, 3.8) is 0 Å². The van der Waals surface area contributed by atoms with E-state index in [4.69, 9.17) is 11.6 Å². The lowest BCUT2D eigenvalue weighted by molar-refractivity contribution is 0.180. The molecule has 0 aromatic heterocycles. The molecule has 0 radical (unpaired) electrons. The van der Waals surface area contributed by atoms with Crippen molar-refractivity contribution in [2.75, 3.05) is 11.9 Å². The van der Waals surface area contributed by atoms with E-state index in [2.05, 4.69) is 6.08 Å². The molecule has 1 aromatic rings. The van der Waals surface area contributed by atoms with Crippen LogP contribution in [0.1, 0.15) is 20.8 Å². The summed E-state index contributed by atoms with van der Waals surface area (Å²) in [5.74, 6) is 0. The molecule has 18 heavy (non-hydrogen) atoms. The molecular weight excluding hydrogens is 248 g/mol. The smallest absolute Gasteiger partial charge is 0.318 e. The van der Waals surface area contributed by atoms with Crippen LogP contribution >= 0.6 is 11.6 Å². The van der Waals surface area contributed by atoms with Crippen LogP contribution in [-0.4, -0.2) is 23.5 Å². The van der Waals surface area contributed by atoms with Crippen molar-refractivity contribution >= 4 is 23.3 Å². The van der Waals surface area contributed by atoms with Gasteiger partial charge in [-0.05, 0) is 45.0 Å². The summed E-state index contributed by atoms with van der Waals surface area (Å²) < 4.78 is 0. The number of allylic oxidation sites excluding steroid dienone is 1. The zero-order valence-corrected chi connectivity index (χ0v) is 11.8. The minimum atomic E-state index is -0.268. The first-order valence-corrected chi connectivity index (χ1v) is 6.24. The Morgan fingerprint density at radius 1 is 1.28 bits per heavy atom. The summed E-state index contributed by atoms with van der Waals surface area (Å²) in [6.07, 6.45) is 2.08. The summed E-state index contributed by atoms with van der Waals surface area (Å²) in [5, 5.41) is 0.626. The molecule has 0 N–H and O–H groups in total. The SMILES string of the molecule is CC1=CC(C)(C)N(C)C(=O)N1c1cccc(Cl)c1. The van der Waals surface area contributed by atoms with E-state index in [9.17, 15) is 4.79 Å². The van der Waals surface area contributed by atoms with E-state index in [-0.39, 0.29) is 11.6 Å². The second kappa shape index (κ2) is 4.32. The van der Waals surface area contributed by atoms with Crippen molar-refractivity contribution in [2.45, 2.75) is 26.3 Å². The van der Waals surface area contributed by atoms with Crippen molar-refractivity contribution in [1.82, 2.24) is 4.90 Å². The Hall–Kier alpha value is -1.48. The third kappa shape index (κ3) is 2.10. The van der Waals surface area contributed by atoms with E-state index in [1.807, 2.05) is 40.0 Å². The van der Waals surface area contributed by atoms with Gasteiger partial charge in [-0.25, -0.2) is 4.79 Å². The molecule has 1 heterocycles. The van der Waals surface area contributed by atoms with Gasteiger partial charge in [-0.3, -0.25) is 4.90 Å². The van der Waals surface area contributed by atoms with Gasteiger partial charge in [0.2, 0.25) is 0 Å². The second-order valence-electron chi connectivity index (χ2n) is 5.10. The number of carbonyl (C=O) groups is 1. The Morgan fingerprint density at radius 2 is 1.94 bits per heavy atom. The third-order valence-electron chi connectivity index (χ3n) is 3.32. The van der Waals surface area contributed by atoms with E-state index >= 15 is 0 Å². The number of likely N-dealkylation sites (N-methyl/N-ethyl adjacent to an activating group) is 1. The fraction of sp³-hybridized carbons (Fsp3) is 0.357. The van der Waals surface area contributed by atoms with Crippen LogP contribution in [0.15, 0.2) is 36.0 Å². The molecule has 3 nitrogen and oxygen atoms in total. The van der Waals surface area contributed by atoms with Crippen molar-refractivity contribution in [3.05, 3.63) is 41.1 Å². The quantitative estimate of drug-likeness (QED) is 0.755. The largest absolute Gasteiger partial charge is 0.329 e. The highest BCUT2D eigenvalue weighted by Crippen LogP contribution is 2.31. The van der Waals surface area contributed by atoms with Gasteiger partial charge in [0.25, 0.3) is 0 Å². The zero-order valence-electron chi connectivity index (χ0n) is 11.1. The lowest BCUT2D eigenvalue weighted by Crippen LogP contribution is -2.54. The number of urea groups is 1. The molecule has 1 aliphatic rings. The van der Waals surface area contributed by atoms with E-state index in [0.717, 1.165) is 11.4 Å².